The van der Waals surface area contributed by atoms with Crippen molar-refractivity contribution in [2.24, 2.45) is 0 Å². The zero-order valence-electron chi connectivity index (χ0n) is 12.0. The Morgan fingerprint density at radius 2 is 1.95 bits per heavy atom. The molecule has 0 fully saturated rings. The van der Waals surface area contributed by atoms with Gasteiger partial charge < -0.3 is 21.1 Å². The fourth-order valence-corrected chi connectivity index (χ4v) is 1.28. The van der Waals surface area contributed by atoms with Crippen LogP contribution < -0.4 is 16.0 Å². The molecule has 0 aromatic rings. The van der Waals surface area contributed by atoms with Gasteiger partial charge >= 0.3 is 5.97 Å². The molecule has 2 amide bonds. The summed E-state index contributed by atoms with van der Waals surface area (Å²) >= 11 is 0. The van der Waals surface area contributed by atoms with E-state index in [-0.39, 0.29) is 5.70 Å². The number of carboxylic acid groups (broad SMARTS) is 1. The van der Waals surface area contributed by atoms with Crippen LogP contribution in [0.1, 0.15) is 13.3 Å². The van der Waals surface area contributed by atoms with Crippen molar-refractivity contribution in [1.82, 2.24) is 16.0 Å². The Morgan fingerprint density at radius 3 is 2.45 bits per heavy atom. The van der Waals surface area contributed by atoms with Crippen molar-refractivity contribution in [3.05, 3.63) is 24.6 Å². The molecule has 0 aromatic carbocycles. The SMILES string of the molecule is C=C(N/C=C\C)C(=O)NCC(=O)NC(CC(=O)O)C(=O)CF. The lowest BCUT2D eigenvalue weighted by Crippen LogP contribution is -2.47. The van der Waals surface area contributed by atoms with Crippen molar-refractivity contribution < 1.29 is 28.7 Å². The van der Waals surface area contributed by atoms with Crippen LogP contribution in [0.25, 0.3) is 0 Å². The molecule has 0 saturated carbocycles. The monoisotopic (exact) mass is 315 g/mol. The summed E-state index contributed by atoms with van der Waals surface area (Å²) in [6.45, 7) is 3.24. The van der Waals surface area contributed by atoms with E-state index in [1.165, 1.54) is 6.20 Å². The Bertz CT molecular complexity index is 490. The average molecular weight is 315 g/mol. The van der Waals surface area contributed by atoms with Crippen LogP contribution in [0.15, 0.2) is 24.6 Å². The number of carboxylic acids is 1. The van der Waals surface area contributed by atoms with E-state index >= 15 is 0 Å². The molecule has 9 heteroatoms. The normalized spacial score (nSPS) is 11.5. The lowest BCUT2D eigenvalue weighted by Gasteiger charge is -2.14. The number of hydrogen-bond acceptors (Lipinski definition) is 5. The quantitative estimate of drug-likeness (QED) is 0.393. The third kappa shape index (κ3) is 7.78. The molecule has 22 heavy (non-hydrogen) atoms. The molecule has 0 aliphatic heterocycles. The Labute approximate surface area is 126 Å². The second kappa shape index (κ2) is 10.1. The summed E-state index contributed by atoms with van der Waals surface area (Å²) in [5.74, 6) is -3.89. The number of hydrogen-bond donors (Lipinski definition) is 4. The van der Waals surface area contributed by atoms with Crippen molar-refractivity contribution >= 4 is 23.6 Å². The number of ketones is 1. The van der Waals surface area contributed by atoms with Crippen LogP contribution in [-0.4, -0.2) is 47.9 Å². The van der Waals surface area contributed by atoms with Gasteiger partial charge in [0.1, 0.15) is 12.7 Å². The largest absolute Gasteiger partial charge is 0.481 e. The zero-order valence-corrected chi connectivity index (χ0v) is 12.0. The van der Waals surface area contributed by atoms with E-state index in [1.807, 2.05) is 5.32 Å². The summed E-state index contributed by atoms with van der Waals surface area (Å²) in [5, 5.41) is 15.4. The van der Waals surface area contributed by atoms with Crippen LogP contribution in [-0.2, 0) is 19.2 Å². The minimum Gasteiger partial charge on any atom is -0.481 e. The van der Waals surface area contributed by atoms with Gasteiger partial charge in [-0.2, -0.15) is 0 Å². The predicted octanol–water partition coefficient (Wildman–Crippen LogP) is -0.762. The molecular formula is C13H18FN3O5. The molecule has 0 aliphatic carbocycles. The van der Waals surface area contributed by atoms with Gasteiger partial charge in [-0.25, -0.2) is 4.39 Å². The molecule has 4 N–H and O–H groups in total. The second-order valence-corrected chi connectivity index (χ2v) is 4.12. The average Bonchev–Trinajstić information content (AvgIpc) is 2.48. The number of Topliss-reactive ketones (excluding diaryl/α,β-unsaturated/α-hetero) is 1. The first-order valence-corrected chi connectivity index (χ1v) is 6.26. The van der Waals surface area contributed by atoms with Crippen molar-refractivity contribution in [3.63, 3.8) is 0 Å². The Kier molecular flexibility index (Phi) is 8.84. The smallest absolute Gasteiger partial charge is 0.305 e. The summed E-state index contributed by atoms with van der Waals surface area (Å²) in [7, 11) is 0. The molecule has 0 aliphatic rings. The van der Waals surface area contributed by atoms with Crippen LogP contribution in [0.4, 0.5) is 4.39 Å². The first-order chi connectivity index (χ1) is 10.3. The van der Waals surface area contributed by atoms with Crippen LogP contribution in [0.3, 0.4) is 0 Å². The lowest BCUT2D eigenvalue weighted by molar-refractivity contribution is -0.140. The molecule has 1 atom stereocenters. The van der Waals surface area contributed by atoms with Crippen molar-refractivity contribution in [2.45, 2.75) is 19.4 Å². The van der Waals surface area contributed by atoms with Crippen LogP contribution in [0.5, 0.6) is 0 Å². The zero-order chi connectivity index (χ0) is 17.1. The Hall–Kier alpha value is -2.71. The minimum atomic E-state index is -1.48. The van der Waals surface area contributed by atoms with Gasteiger partial charge in [0.25, 0.3) is 5.91 Å². The topological polar surface area (TPSA) is 125 Å². The van der Waals surface area contributed by atoms with Gasteiger partial charge in [0.05, 0.1) is 18.7 Å². The second-order valence-electron chi connectivity index (χ2n) is 4.12. The number of carbonyl (C=O) groups is 4. The number of allylic oxidation sites excluding steroid dienone is 1. The standard InChI is InChI=1S/C13H18FN3O5/c1-3-4-15-8(2)13(22)16-7-11(19)17-9(5-12(20)21)10(18)6-14/h3-4,9,15H,2,5-7H2,1H3,(H,16,22)(H,17,19)(H,20,21)/b4-3-. The molecule has 0 spiro atoms. The Morgan fingerprint density at radius 1 is 1.32 bits per heavy atom. The number of rotatable bonds is 10. The summed E-state index contributed by atoms with van der Waals surface area (Å²) in [6.07, 6.45) is 2.35. The molecule has 0 radical (unpaired) electrons. The third-order valence-electron chi connectivity index (χ3n) is 2.34. The number of amides is 2. The van der Waals surface area contributed by atoms with Gasteiger partial charge in [-0.15, -0.1) is 0 Å². The summed E-state index contributed by atoms with van der Waals surface area (Å²) < 4.78 is 12.3. The highest BCUT2D eigenvalue weighted by molar-refractivity contribution is 5.96. The molecule has 0 heterocycles. The molecule has 122 valence electrons. The van der Waals surface area contributed by atoms with Gasteiger partial charge in [-0.1, -0.05) is 12.7 Å². The van der Waals surface area contributed by atoms with Gasteiger partial charge in [0.2, 0.25) is 5.91 Å². The molecule has 0 saturated heterocycles. The van der Waals surface area contributed by atoms with Gasteiger partial charge in [0, 0.05) is 0 Å². The maximum atomic E-state index is 12.3. The van der Waals surface area contributed by atoms with Crippen LogP contribution in [0.2, 0.25) is 0 Å². The predicted molar refractivity (Wildman–Crippen MR) is 75.3 cm³/mol. The van der Waals surface area contributed by atoms with E-state index in [9.17, 15) is 23.6 Å². The highest BCUT2D eigenvalue weighted by atomic mass is 19.1. The summed E-state index contributed by atoms with van der Waals surface area (Å²) in [5.41, 5.74) is -0.00665. The lowest BCUT2D eigenvalue weighted by atomic mass is 10.1. The van der Waals surface area contributed by atoms with E-state index in [0.29, 0.717) is 0 Å². The van der Waals surface area contributed by atoms with E-state index < -0.39 is 49.2 Å². The fourth-order valence-electron chi connectivity index (χ4n) is 1.28. The fraction of sp³-hybridized carbons (Fsp3) is 0.385. The molecule has 0 bridgehead atoms. The highest BCUT2D eigenvalue weighted by Gasteiger charge is 2.23. The van der Waals surface area contributed by atoms with E-state index in [0.717, 1.165) is 0 Å². The minimum absolute atomic E-state index is 0.00665. The first-order valence-electron chi connectivity index (χ1n) is 6.26. The summed E-state index contributed by atoms with van der Waals surface area (Å²) in [4.78, 5) is 44.8. The van der Waals surface area contributed by atoms with E-state index in [4.69, 9.17) is 5.11 Å². The molecule has 0 rings (SSSR count). The maximum Gasteiger partial charge on any atom is 0.305 e. The summed E-state index contributed by atoms with van der Waals surface area (Å²) in [6, 6.07) is -1.48. The number of alkyl halides is 1. The van der Waals surface area contributed by atoms with E-state index in [2.05, 4.69) is 17.2 Å². The number of carbonyl (C=O) groups excluding carboxylic acids is 3. The number of halogens is 1. The third-order valence-corrected chi connectivity index (χ3v) is 2.34. The number of aliphatic carboxylic acids is 1. The van der Waals surface area contributed by atoms with Crippen molar-refractivity contribution in [1.29, 1.82) is 0 Å². The van der Waals surface area contributed by atoms with E-state index in [1.54, 1.807) is 13.0 Å². The molecular weight excluding hydrogens is 297 g/mol. The van der Waals surface area contributed by atoms with Gasteiger partial charge in [-0.3, -0.25) is 19.2 Å². The van der Waals surface area contributed by atoms with Gasteiger partial charge in [-0.05, 0) is 13.1 Å². The van der Waals surface area contributed by atoms with Crippen molar-refractivity contribution in [3.8, 4) is 0 Å². The molecule has 1 unspecified atom stereocenters. The van der Waals surface area contributed by atoms with Crippen LogP contribution >= 0.6 is 0 Å². The first kappa shape index (κ1) is 19.3. The van der Waals surface area contributed by atoms with Crippen LogP contribution in [0, 0.1) is 0 Å². The molecule has 8 nitrogen and oxygen atoms in total. The van der Waals surface area contributed by atoms with Gasteiger partial charge in [0.15, 0.2) is 5.78 Å². The van der Waals surface area contributed by atoms with Crippen molar-refractivity contribution in [2.75, 3.05) is 13.2 Å². The maximum absolute atomic E-state index is 12.3. The number of nitrogens with one attached hydrogen (secondary N) is 3. The molecule has 0 aromatic heterocycles. The Balaban J connectivity index is 4.40. The highest BCUT2D eigenvalue weighted by Crippen LogP contribution is 1.96.